The van der Waals surface area contributed by atoms with E-state index in [1.54, 1.807) is 24.3 Å². The summed E-state index contributed by atoms with van der Waals surface area (Å²) in [5.41, 5.74) is 0.133. The Morgan fingerprint density at radius 2 is 1.65 bits per heavy atom. The van der Waals surface area contributed by atoms with Gasteiger partial charge >= 0.3 is 5.97 Å². The highest BCUT2D eigenvalue weighted by molar-refractivity contribution is 5.94. The standard InChI is InChI=1S/C15H11FO4/c1-9(17)10-2-4-11(5-3-10)20-12-6-7-13(15(18)19)14(16)8-12/h2-8H,1H3,(H,18,19). The summed E-state index contributed by atoms with van der Waals surface area (Å²) in [5.74, 6) is -1.65. The van der Waals surface area contributed by atoms with Crippen molar-refractivity contribution in [2.75, 3.05) is 0 Å². The van der Waals surface area contributed by atoms with Gasteiger partial charge in [0, 0.05) is 11.6 Å². The molecule has 0 aromatic heterocycles. The maximum absolute atomic E-state index is 13.5. The third-order valence-corrected chi connectivity index (χ3v) is 2.67. The van der Waals surface area contributed by atoms with Crippen molar-refractivity contribution in [2.45, 2.75) is 6.92 Å². The van der Waals surface area contributed by atoms with Gasteiger partial charge in [-0.15, -0.1) is 0 Å². The number of aromatic carboxylic acids is 1. The molecular weight excluding hydrogens is 263 g/mol. The summed E-state index contributed by atoms with van der Waals surface area (Å²) in [6, 6.07) is 9.86. The van der Waals surface area contributed by atoms with Crippen molar-refractivity contribution in [2.24, 2.45) is 0 Å². The van der Waals surface area contributed by atoms with Crippen LogP contribution in [0.25, 0.3) is 0 Å². The summed E-state index contributed by atoms with van der Waals surface area (Å²) in [5, 5.41) is 8.72. The van der Waals surface area contributed by atoms with Gasteiger partial charge in [0.05, 0.1) is 5.56 Å². The number of benzene rings is 2. The molecule has 0 bridgehead atoms. The number of carboxylic acids is 1. The van der Waals surface area contributed by atoms with Gasteiger partial charge in [0.1, 0.15) is 17.3 Å². The minimum Gasteiger partial charge on any atom is -0.478 e. The Morgan fingerprint density at radius 1 is 1.05 bits per heavy atom. The first kappa shape index (κ1) is 13.7. The highest BCUT2D eigenvalue weighted by atomic mass is 19.1. The number of rotatable bonds is 4. The van der Waals surface area contributed by atoms with Gasteiger partial charge in [-0.2, -0.15) is 0 Å². The van der Waals surface area contributed by atoms with E-state index >= 15 is 0 Å². The van der Waals surface area contributed by atoms with Crippen LogP contribution in [-0.4, -0.2) is 16.9 Å². The van der Waals surface area contributed by atoms with Crippen molar-refractivity contribution in [3.63, 3.8) is 0 Å². The maximum Gasteiger partial charge on any atom is 0.338 e. The van der Waals surface area contributed by atoms with Crippen molar-refractivity contribution in [1.29, 1.82) is 0 Å². The largest absolute Gasteiger partial charge is 0.478 e. The van der Waals surface area contributed by atoms with Crippen LogP contribution in [0, 0.1) is 5.82 Å². The lowest BCUT2D eigenvalue weighted by molar-refractivity contribution is 0.0691. The number of carboxylic acid groups (broad SMARTS) is 1. The summed E-state index contributed by atoms with van der Waals surface area (Å²) in [6.07, 6.45) is 0. The fraction of sp³-hybridized carbons (Fsp3) is 0.0667. The van der Waals surface area contributed by atoms with Crippen LogP contribution in [-0.2, 0) is 0 Å². The molecule has 0 aliphatic carbocycles. The van der Waals surface area contributed by atoms with E-state index < -0.39 is 17.3 Å². The molecule has 2 aromatic rings. The van der Waals surface area contributed by atoms with E-state index in [0.29, 0.717) is 11.3 Å². The number of hydrogen-bond acceptors (Lipinski definition) is 3. The van der Waals surface area contributed by atoms with E-state index in [-0.39, 0.29) is 11.5 Å². The van der Waals surface area contributed by atoms with Crippen molar-refractivity contribution in [3.8, 4) is 11.5 Å². The molecule has 0 heterocycles. The minimum atomic E-state index is -1.33. The molecule has 0 atom stereocenters. The smallest absolute Gasteiger partial charge is 0.338 e. The highest BCUT2D eigenvalue weighted by Gasteiger charge is 2.11. The summed E-state index contributed by atoms with van der Waals surface area (Å²) in [6.45, 7) is 1.45. The van der Waals surface area contributed by atoms with Crippen LogP contribution in [0.15, 0.2) is 42.5 Å². The zero-order valence-electron chi connectivity index (χ0n) is 10.6. The van der Waals surface area contributed by atoms with Gasteiger partial charge in [0.2, 0.25) is 0 Å². The Hall–Kier alpha value is -2.69. The second kappa shape index (κ2) is 5.52. The summed E-state index contributed by atoms with van der Waals surface area (Å²) in [7, 11) is 0. The van der Waals surface area contributed by atoms with E-state index in [1.807, 2.05) is 0 Å². The molecule has 2 rings (SSSR count). The Morgan fingerprint density at radius 3 is 2.15 bits per heavy atom. The van der Waals surface area contributed by atoms with Gasteiger partial charge in [0.25, 0.3) is 0 Å². The number of hydrogen-bond donors (Lipinski definition) is 1. The quantitative estimate of drug-likeness (QED) is 0.866. The lowest BCUT2D eigenvalue weighted by Crippen LogP contribution is -2.00. The Labute approximate surface area is 114 Å². The number of carbonyl (C=O) groups is 2. The fourth-order valence-electron chi connectivity index (χ4n) is 1.63. The lowest BCUT2D eigenvalue weighted by Gasteiger charge is -2.07. The third kappa shape index (κ3) is 3.00. The molecule has 102 valence electrons. The van der Waals surface area contributed by atoms with Gasteiger partial charge < -0.3 is 9.84 Å². The van der Waals surface area contributed by atoms with Crippen molar-refractivity contribution >= 4 is 11.8 Å². The maximum atomic E-state index is 13.5. The zero-order chi connectivity index (χ0) is 14.7. The molecule has 0 fully saturated rings. The number of ether oxygens (including phenoxy) is 1. The molecule has 0 spiro atoms. The predicted octanol–water partition coefficient (Wildman–Crippen LogP) is 3.52. The van der Waals surface area contributed by atoms with E-state index in [9.17, 15) is 14.0 Å². The first-order valence-electron chi connectivity index (χ1n) is 5.79. The van der Waals surface area contributed by atoms with E-state index in [1.165, 1.54) is 13.0 Å². The van der Waals surface area contributed by atoms with Crippen molar-refractivity contribution in [1.82, 2.24) is 0 Å². The highest BCUT2D eigenvalue weighted by Crippen LogP contribution is 2.24. The number of carbonyl (C=O) groups excluding carboxylic acids is 1. The average molecular weight is 274 g/mol. The lowest BCUT2D eigenvalue weighted by atomic mass is 10.1. The van der Waals surface area contributed by atoms with Crippen LogP contribution in [0.5, 0.6) is 11.5 Å². The van der Waals surface area contributed by atoms with Crippen LogP contribution in [0.1, 0.15) is 27.6 Å². The minimum absolute atomic E-state index is 0.0617. The third-order valence-electron chi connectivity index (χ3n) is 2.67. The number of halogens is 1. The Balaban J connectivity index is 2.19. The van der Waals surface area contributed by atoms with Crippen molar-refractivity contribution < 1.29 is 23.8 Å². The molecule has 20 heavy (non-hydrogen) atoms. The molecule has 5 heteroatoms. The second-order valence-electron chi connectivity index (χ2n) is 4.13. The van der Waals surface area contributed by atoms with E-state index in [4.69, 9.17) is 9.84 Å². The first-order valence-corrected chi connectivity index (χ1v) is 5.79. The second-order valence-corrected chi connectivity index (χ2v) is 4.13. The Bertz CT molecular complexity index is 662. The monoisotopic (exact) mass is 274 g/mol. The number of ketones is 1. The fourth-order valence-corrected chi connectivity index (χ4v) is 1.63. The van der Waals surface area contributed by atoms with Crippen LogP contribution in [0.4, 0.5) is 4.39 Å². The Kier molecular flexibility index (Phi) is 3.79. The molecule has 0 unspecified atom stereocenters. The van der Waals surface area contributed by atoms with Gasteiger partial charge in [-0.25, -0.2) is 9.18 Å². The molecule has 0 aliphatic heterocycles. The van der Waals surface area contributed by atoms with Crippen LogP contribution in [0.2, 0.25) is 0 Å². The van der Waals surface area contributed by atoms with Crippen LogP contribution < -0.4 is 4.74 Å². The molecule has 1 N–H and O–H groups in total. The van der Waals surface area contributed by atoms with Crippen LogP contribution in [0.3, 0.4) is 0 Å². The van der Waals surface area contributed by atoms with Gasteiger partial charge in [-0.1, -0.05) is 0 Å². The SMILES string of the molecule is CC(=O)c1ccc(Oc2ccc(C(=O)O)c(F)c2)cc1. The topological polar surface area (TPSA) is 63.6 Å². The van der Waals surface area contributed by atoms with Gasteiger partial charge in [-0.3, -0.25) is 4.79 Å². The van der Waals surface area contributed by atoms with Gasteiger partial charge in [0.15, 0.2) is 5.78 Å². The molecular formula is C15H11FO4. The molecule has 0 amide bonds. The van der Waals surface area contributed by atoms with Crippen molar-refractivity contribution in [3.05, 3.63) is 59.4 Å². The zero-order valence-corrected chi connectivity index (χ0v) is 10.6. The average Bonchev–Trinajstić information content (AvgIpc) is 2.39. The molecule has 2 aromatic carbocycles. The first-order chi connectivity index (χ1) is 9.47. The molecule has 0 aliphatic rings. The molecule has 4 nitrogen and oxygen atoms in total. The summed E-state index contributed by atoms with van der Waals surface area (Å²) < 4.78 is 18.9. The normalized spacial score (nSPS) is 10.1. The molecule has 0 saturated carbocycles. The summed E-state index contributed by atoms with van der Waals surface area (Å²) >= 11 is 0. The van der Waals surface area contributed by atoms with Gasteiger partial charge in [-0.05, 0) is 43.3 Å². The molecule has 0 saturated heterocycles. The molecule has 0 radical (unpaired) electrons. The predicted molar refractivity (Wildman–Crippen MR) is 69.9 cm³/mol. The van der Waals surface area contributed by atoms with E-state index in [2.05, 4.69) is 0 Å². The van der Waals surface area contributed by atoms with E-state index in [0.717, 1.165) is 12.1 Å². The number of Topliss-reactive ketones (excluding diaryl/α,β-unsaturated/α-hetero) is 1. The van der Waals surface area contributed by atoms with Crippen LogP contribution >= 0.6 is 0 Å². The summed E-state index contributed by atoms with van der Waals surface area (Å²) in [4.78, 5) is 21.8.